The first-order valence-corrected chi connectivity index (χ1v) is 11.2. The minimum absolute atomic E-state index is 0.767. The number of ether oxygens (including phenoxy) is 1. The summed E-state index contributed by atoms with van der Waals surface area (Å²) in [4.78, 5) is 9.04. The number of benzene rings is 2. The quantitative estimate of drug-likeness (QED) is 0.462. The molecule has 7 nitrogen and oxygen atoms in total. The van der Waals surface area contributed by atoms with Crippen LogP contribution in [0.5, 0.6) is 5.75 Å². The van der Waals surface area contributed by atoms with Gasteiger partial charge in [-0.25, -0.2) is 4.98 Å². The van der Waals surface area contributed by atoms with E-state index in [9.17, 15) is 0 Å². The molecule has 0 spiro atoms. The summed E-state index contributed by atoms with van der Waals surface area (Å²) in [5, 5.41) is 9.05. The van der Waals surface area contributed by atoms with Crippen molar-refractivity contribution < 1.29 is 4.74 Å². The van der Waals surface area contributed by atoms with E-state index in [1.165, 1.54) is 11.3 Å². The lowest BCUT2D eigenvalue weighted by atomic mass is 10.1. The summed E-state index contributed by atoms with van der Waals surface area (Å²) in [5.41, 5.74) is 6.28. The molecule has 1 aliphatic rings. The second-order valence-corrected chi connectivity index (χ2v) is 8.40. The second-order valence-electron chi connectivity index (χ2n) is 8.40. The third-order valence-electron chi connectivity index (χ3n) is 6.09. The lowest BCUT2D eigenvalue weighted by Crippen LogP contribution is -2.46. The number of nitrogens with zero attached hydrogens (tertiary/aromatic N) is 6. The molecule has 5 rings (SSSR count). The molecule has 0 saturated carbocycles. The van der Waals surface area contributed by atoms with E-state index < -0.39 is 0 Å². The fourth-order valence-electron chi connectivity index (χ4n) is 4.27. The maximum atomic E-state index is 5.63. The molecule has 0 bridgehead atoms. The molecule has 168 valence electrons. The summed E-state index contributed by atoms with van der Waals surface area (Å²) in [6.45, 7) is 7.90. The molecule has 4 aromatic rings. The maximum absolute atomic E-state index is 5.63. The van der Waals surface area contributed by atoms with Gasteiger partial charge in [0.05, 0.1) is 30.5 Å². The van der Waals surface area contributed by atoms with Gasteiger partial charge in [0, 0.05) is 43.6 Å². The largest absolute Gasteiger partial charge is 0.495 e. The molecular weight excluding hydrogens is 412 g/mol. The molecule has 33 heavy (non-hydrogen) atoms. The second kappa shape index (κ2) is 8.94. The van der Waals surface area contributed by atoms with E-state index in [2.05, 4.69) is 62.2 Å². The number of aromatic nitrogens is 4. The summed E-state index contributed by atoms with van der Waals surface area (Å²) in [6, 6.07) is 18.8. The number of hydrogen-bond donors (Lipinski definition) is 0. The molecular formula is C26H28N6O. The zero-order chi connectivity index (χ0) is 22.8. The average molecular weight is 441 g/mol. The van der Waals surface area contributed by atoms with Crippen molar-refractivity contribution in [3.8, 4) is 22.7 Å². The van der Waals surface area contributed by atoms with Crippen molar-refractivity contribution in [3.63, 3.8) is 0 Å². The molecule has 2 aromatic heterocycles. The normalized spacial score (nSPS) is 13.9. The SMILES string of the molecule is COc1cc(-c2ccc(N3CCN(c4cccc(C)c4)CC3)nn2)ccc1-n1cnc(C)c1. The van der Waals surface area contributed by atoms with Gasteiger partial charge in [0.2, 0.25) is 0 Å². The van der Waals surface area contributed by atoms with E-state index in [0.717, 1.165) is 60.4 Å². The minimum atomic E-state index is 0.767. The van der Waals surface area contributed by atoms with Crippen molar-refractivity contribution in [2.24, 2.45) is 0 Å². The van der Waals surface area contributed by atoms with Crippen LogP contribution in [0.1, 0.15) is 11.3 Å². The van der Waals surface area contributed by atoms with Gasteiger partial charge >= 0.3 is 0 Å². The van der Waals surface area contributed by atoms with Crippen molar-refractivity contribution >= 4 is 11.5 Å². The zero-order valence-electron chi connectivity index (χ0n) is 19.3. The summed E-state index contributed by atoms with van der Waals surface area (Å²) in [6.07, 6.45) is 3.77. The molecule has 1 fully saturated rings. The Morgan fingerprint density at radius 1 is 0.848 bits per heavy atom. The minimum Gasteiger partial charge on any atom is -0.495 e. The summed E-state index contributed by atoms with van der Waals surface area (Å²) < 4.78 is 7.60. The monoisotopic (exact) mass is 440 g/mol. The highest BCUT2D eigenvalue weighted by Gasteiger charge is 2.19. The zero-order valence-corrected chi connectivity index (χ0v) is 19.3. The number of hydrogen-bond acceptors (Lipinski definition) is 6. The Morgan fingerprint density at radius 2 is 1.67 bits per heavy atom. The molecule has 0 atom stereocenters. The van der Waals surface area contributed by atoms with Crippen LogP contribution in [0.15, 0.2) is 67.1 Å². The van der Waals surface area contributed by atoms with Crippen LogP contribution in [0.2, 0.25) is 0 Å². The first-order chi connectivity index (χ1) is 16.1. The van der Waals surface area contributed by atoms with Crippen molar-refractivity contribution in [1.29, 1.82) is 0 Å². The van der Waals surface area contributed by atoms with Crippen LogP contribution in [0.3, 0.4) is 0 Å². The summed E-state index contributed by atoms with van der Waals surface area (Å²) in [5.74, 6) is 1.68. The van der Waals surface area contributed by atoms with E-state index in [1.54, 1.807) is 13.4 Å². The van der Waals surface area contributed by atoms with E-state index in [1.807, 2.05) is 42.0 Å². The third kappa shape index (κ3) is 4.39. The van der Waals surface area contributed by atoms with E-state index in [-0.39, 0.29) is 0 Å². The molecule has 7 heteroatoms. The first-order valence-electron chi connectivity index (χ1n) is 11.2. The van der Waals surface area contributed by atoms with Crippen LogP contribution in [-0.4, -0.2) is 53.0 Å². The van der Waals surface area contributed by atoms with Gasteiger partial charge < -0.3 is 19.1 Å². The van der Waals surface area contributed by atoms with Crippen LogP contribution in [0, 0.1) is 13.8 Å². The predicted octanol–water partition coefficient (Wildman–Crippen LogP) is 4.28. The fourth-order valence-corrected chi connectivity index (χ4v) is 4.27. The fraction of sp³-hybridized carbons (Fsp3) is 0.269. The highest BCUT2D eigenvalue weighted by molar-refractivity contribution is 5.66. The Balaban J connectivity index is 1.29. The van der Waals surface area contributed by atoms with Crippen molar-refractivity contribution in [2.75, 3.05) is 43.1 Å². The lowest BCUT2D eigenvalue weighted by molar-refractivity contribution is 0.413. The molecule has 3 heterocycles. The molecule has 1 aliphatic heterocycles. The van der Waals surface area contributed by atoms with E-state index in [4.69, 9.17) is 4.74 Å². The van der Waals surface area contributed by atoms with Crippen molar-refractivity contribution in [2.45, 2.75) is 13.8 Å². The van der Waals surface area contributed by atoms with Gasteiger partial charge in [-0.05, 0) is 55.8 Å². The number of piperazine rings is 1. The maximum Gasteiger partial charge on any atom is 0.151 e. The standard InChI is InChI=1S/C26H28N6O/c1-19-5-4-6-22(15-19)30-11-13-31(14-12-30)26-10-8-23(28-29-26)21-7-9-24(25(16-21)33-3)32-17-20(2)27-18-32/h4-10,15-18H,11-14H2,1-3H3. The number of rotatable bonds is 5. The van der Waals surface area contributed by atoms with Crippen molar-refractivity contribution in [1.82, 2.24) is 19.7 Å². The number of imidazole rings is 1. The lowest BCUT2D eigenvalue weighted by Gasteiger charge is -2.36. The molecule has 1 saturated heterocycles. The van der Waals surface area contributed by atoms with E-state index in [0.29, 0.717) is 0 Å². The Labute approximate surface area is 194 Å². The van der Waals surface area contributed by atoms with Gasteiger partial charge in [0.15, 0.2) is 5.82 Å². The number of anilines is 2. The van der Waals surface area contributed by atoms with Crippen molar-refractivity contribution in [3.05, 3.63) is 78.4 Å². The topological polar surface area (TPSA) is 59.3 Å². The third-order valence-corrected chi connectivity index (χ3v) is 6.09. The highest BCUT2D eigenvalue weighted by atomic mass is 16.5. The van der Waals surface area contributed by atoms with Crippen LogP contribution >= 0.6 is 0 Å². The van der Waals surface area contributed by atoms with Crippen LogP contribution in [-0.2, 0) is 0 Å². The number of aryl methyl sites for hydroxylation is 2. The number of methoxy groups -OCH3 is 1. The smallest absolute Gasteiger partial charge is 0.151 e. The highest BCUT2D eigenvalue weighted by Crippen LogP contribution is 2.29. The molecule has 2 aromatic carbocycles. The molecule has 0 N–H and O–H groups in total. The van der Waals surface area contributed by atoms with Gasteiger partial charge in [-0.1, -0.05) is 18.2 Å². The summed E-state index contributed by atoms with van der Waals surface area (Å²) >= 11 is 0. The van der Waals surface area contributed by atoms with Gasteiger partial charge in [0.25, 0.3) is 0 Å². The molecule has 0 unspecified atom stereocenters. The predicted molar refractivity (Wildman–Crippen MR) is 131 cm³/mol. The average Bonchev–Trinajstić information content (AvgIpc) is 3.30. The van der Waals surface area contributed by atoms with Crippen LogP contribution in [0.4, 0.5) is 11.5 Å². The Hall–Kier alpha value is -3.87. The molecule has 0 aliphatic carbocycles. The van der Waals surface area contributed by atoms with Gasteiger partial charge in [-0.3, -0.25) is 0 Å². The molecule has 0 amide bonds. The van der Waals surface area contributed by atoms with Gasteiger partial charge in [-0.15, -0.1) is 10.2 Å². The molecule has 0 radical (unpaired) electrons. The Morgan fingerprint density at radius 3 is 2.33 bits per heavy atom. The van der Waals surface area contributed by atoms with Crippen LogP contribution < -0.4 is 14.5 Å². The Kier molecular flexibility index (Phi) is 5.69. The van der Waals surface area contributed by atoms with E-state index >= 15 is 0 Å². The first kappa shape index (κ1) is 21.0. The van der Waals surface area contributed by atoms with Crippen LogP contribution in [0.25, 0.3) is 16.9 Å². The van der Waals surface area contributed by atoms with Gasteiger partial charge in [-0.2, -0.15) is 0 Å². The summed E-state index contributed by atoms with van der Waals surface area (Å²) in [7, 11) is 1.68. The Bertz CT molecular complexity index is 1240. The van der Waals surface area contributed by atoms with Gasteiger partial charge in [0.1, 0.15) is 5.75 Å².